The summed E-state index contributed by atoms with van der Waals surface area (Å²) in [7, 11) is -3.43. The molecule has 1 atom stereocenters. The highest BCUT2D eigenvalue weighted by molar-refractivity contribution is 7.91. The Kier molecular flexibility index (Phi) is 9.74. The van der Waals surface area contributed by atoms with Crippen molar-refractivity contribution >= 4 is 49.1 Å². The number of H-pyrrole nitrogens is 1. The van der Waals surface area contributed by atoms with E-state index in [1.54, 1.807) is 18.2 Å². The van der Waals surface area contributed by atoms with E-state index in [1.807, 2.05) is 6.07 Å². The van der Waals surface area contributed by atoms with Crippen LogP contribution in [0.5, 0.6) is 5.75 Å². The molecule has 10 nitrogen and oxygen atoms in total. The van der Waals surface area contributed by atoms with E-state index in [-0.39, 0.29) is 60.2 Å². The van der Waals surface area contributed by atoms with E-state index in [1.165, 1.54) is 17.0 Å². The third-order valence-corrected chi connectivity index (χ3v) is 8.49. The van der Waals surface area contributed by atoms with Gasteiger partial charge in [-0.25, -0.2) is 13.2 Å². The molecule has 0 aliphatic heterocycles. The van der Waals surface area contributed by atoms with Crippen molar-refractivity contribution in [2.75, 3.05) is 37.7 Å². The number of amides is 1. The molecule has 13 heteroatoms. The second-order valence-corrected chi connectivity index (χ2v) is 12.0. The number of phenolic OH excluding ortho intramolecular Hbond substituents is 1. The smallest absolute Gasteiger partial charge is 0.407 e. The van der Waals surface area contributed by atoms with Crippen LogP contribution in [0.25, 0.3) is 10.2 Å². The Labute approximate surface area is 217 Å². The molecule has 0 saturated carbocycles. The van der Waals surface area contributed by atoms with Crippen LogP contribution in [0.15, 0.2) is 41.2 Å². The molecule has 0 unspecified atom stereocenters. The van der Waals surface area contributed by atoms with Crippen molar-refractivity contribution in [1.82, 2.24) is 15.2 Å². The number of benzene rings is 2. The molecule has 3 aromatic rings. The number of thiazole rings is 1. The second kappa shape index (κ2) is 12.5. The van der Waals surface area contributed by atoms with Gasteiger partial charge in [-0.15, -0.1) is 0 Å². The highest BCUT2D eigenvalue weighted by Gasteiger charge is 2.18. The molecule has 36 heavy (non-hydrogen) atoms. The van der Waals surface area contributed by atoms with Gasteiger partial charge in [0, 0.05) is 36.8 Å². The second-order valence-electron chi connectivity index (χ2n) is 8.27. The zero-order valence-corrected chi connectivity index (χ0v) is 21.7. The van der Waals surface area contributed by atoms with Crippen LogP contribution in [0.2, 0.25) is 5.02 Å². The number of hydrogen-bond acceptors (Lipinski definition) is 8. The van der Waals surface area contributed by atoms with Crippen LogP contribution in [0.3, 0.4) is 0 Å². The fourth-order valence-corrected chi connectivity index (χ4v) is 6.07. The first-order valence-corrected chi connectivity index (χ1v) is 14.2. The maximum Gasteiger partial charge on any atom is 0.407 e. The van der Waals surface area contributed by atoms with E-state index < -0.39 is 22.0 Å². The minimum absolute atomic E-state index is 0.0534. The fourth-order valence-electron chi connectivity index (χ4n) is 3.72. The zero-order chi connectivity index (χ0) is 26.3. The van der Waals surface area contributed by atoms with Crippen LogP contribution >= 0.6 is 22.9 Å². The van der Waals surface area contributed by atoms with Gasteiger partial charge in [0.2, 0.25) is 0 Å². The first-order valence-electron chi connectivity index (χ1n) is 11.2. The van der Waals surface area contributed by atoms with Crippen LogP contribution < -0.4 is 10.2 Å². The van der Waals surface area contributed by atoms with Crippen LogP contribution in [-0.4, -0.2) is 77.4 Å². The average molecular weight is 558 g/mol. The van der Waals surface area contributed by atoms with E-state index in [0.29, 0.717) is 21.7 Å². The van der Waals surface area contributed by atoms with Gasteiger partial charge < -0.3 is 30.5 Å². The first-order chi connectivity index (χ1) is 17.1. The van der Waals surface area contributed by atoms with Crippen molar-refractivity contribution in [2.24, 2.45) is 0 Å². The molecular weight excluding hydrogens is 530 g/mol. The van der Waals surface area contributed by atoms with Crippen molar-refractivity contribution in [3.63, 3.8) is 0 Å². The van der Waals surface area contributed by atoms with E-state index in [0.717, 1.165) is 16.9 Å². The predicted molar refractivity (Wildman–Crippen MR) is 140 cm³/mol. The van der Waals surface area contributed by atoms with Crippen molar-refractivity contribution in [3.05, 3.63) is 62.2 Å². The quantitative estimate of drug-likeness (QED) is 0.200. The number of aromatic amines is 1. The highest BCUT2D eigenvalue weighted by atomic mass is 35.5. The summed E-state index contributed by atoms with van der Waals surface area (Å²) in [6, 6.07) is 10.0. The number of fused-ring (bicyclic) bond motifs is 1. The molecule has 3 rings (SSSR count). The van der Waals surface area contributed by atoms with Gasteiger partial charge in [0.25, 0.3) is 0 Å². The standard InChI is InChI=1S/C23H28ClN3O7S2/c24-16-4-1-3-15(13-16)7-10-27(23(31)32)9-2-11-36(33,34)12-8-25-14-19(29)17-5-6-18(28)20-21(17)35-22(30)26-20/h1,3-6,13,19,25,28-29H,2,7-12,14H2,(H,26,30)(H,31,32)/t19-/m0/s1. The Balaban J connectivity index is 1.42. The van der Waals surface area contributed by atoms with Crippen LogP contribution in [-0.2, 0) is 16.3 Å². The van der Waals surface area contributed by atoms with Gasteiger partial charge in [0.05, 0.1) is 22.3 Å². The van der Waals surface area contributed by atoms with Gasteiger partial charge in [0.15, 0.2) is 9.84 Å². The van der Waals surface area contributed by atoms with Crippen molar-refractivity contribution in [1.29, 1.82) is 0 Å². The molecule has 1 aromatic heterocycles. The largest absolute Gasteiger partial charge is 0.506 e. The van der Waals surface area contributed by atoms with Crippen molar-refractivity contribution in [3.8, 4) is 5.75 Å². The van der Waals surface area contributed by atoms with Crippen LogP contribution in [0.4, 0.5) is 4.79 Å². The Morgan fingerprint density at radius 3 is 2.69 bits per heavy atom. The van der Waals surface area contributed by atoms with Gasteiger partial charge in [-0.05, 0) is 36.6 Å². The molecule has 0 aliphatic carbocycles. The van der Waals surface area contributed by atoms with Crippen molar-refractivity contribution < 1.29 is 28.5 Å². The molecule has 0 bridgehead atoms. The Bertz CT molecular complexity index is 1360. The van der Waals surface area contributed by atoms with Crippen molar-refractivity contribution in [2.45, 2.75) is 18.9 Å². The minimum Gasteiger partial charge on any atom is -0.506 e. The topological polar surface area (TPSA) is 160 Å². The Hall–Kier alpha value is -2.64. The van der Waals surface area contributed by atoms with Gasteiger partial charge in [0.1, 0.15) is 11.3 Å². The number of aromatic hydroxyl groups is 1. The number of aliphatic hydroxyl groups excluding tert-OH is 1. The molecule has 0 fully saturated rings. The number of nitrogens with one attached hydrogen (secondary N) is 2. The third-order valence-electron chi connectivity index (χ3n) is 5.59. The van der Waals surface area contributed by atoms with Gasteiger partial charge >= 0.3 is 11.0 Å². The zero-order valence-electron chi connectivity index (χ0n) is 19.3. The summed E-state index contributed by atoms with van der Waals surface area (Å²) in [5.41, 5.74) is 1.61. The third kappa shape index (κ3) is 7.93. The number of halogens is 1. The summed E-state index contributed by atoms with van der Waals surface area (Å²) >= 11 is 6.82. The first kappa shape index (κ1) is 27.9. The summed E-state index contributed by atoms with van der Waals surface area (Å²) in [5, 5.41) is 33.2. The number of aliphatic hydroxyl groups is 1. The summed E-state index contributed by atoms with van der Waals surface area (Å²) in [6.45, 7) is 0.479. The number of rotatable bonds is 13. The van der Waals surface area contributed by atoms with Gasteiger partial charge in [-0.3, -0.25) is 4.79 Å². The number of hydrogen-bond donors (Lipinski definition) is 5. The summed E-state index contributed by atoms with van der Waals surface area (Å²) in [5.74, 6) is -0.421. The van der Waals surface area contributed by atoms with Gasteiger partial charge in [-0.2, -0.15) is 0 Å². The number of sulfone groups is 1. The molecule has 0 spiro atoms. The molecule has 0 aliphatic rings. The SMILES string of the molecule is O=C(O)N(CCCS(=O)(=O)CCNC[C@H](O)c1ccc(O)c2[nH]c(=O)sc12)CCc1cccc(Cl)c1. The molecular formula is C23H28ClN3O7S2. The normalized spacial score (nSPS) is 12.6. The highest BCUT2D eigenvalue weighted by Crippen LogP contribution is 2.31. The molecule has 196 valence electrons. The monoisotopic (exact) mass is 557 g/mol. The van der Waals surface area contributed by atoms with E-state index in [4.69, 9.17) is 11.6 Å². The van der Waals surface area contributed by atoms with Crippen LogP contribution in [0.1, 0.15) is 23.7 Å². The fraction of sp³-hybridized carbons (Fsp3) is 0.391. The molecule has 1 heterocycles. The predicted octanol–water partition coefficient (Wildman–Crippen LogP) is 2.60. The summed E-state index contributed by atoms with van der Waals surface area (Å²) in [4.78, 5) is 26.5. The minimum atomic E-state index is -3.43. The lowest BCUT2D eigenvalue weighted by Crippen LogP contribution is -2.34. The average Bonchev–Trinajstić information content (AvgIpc) is 3.21. The lowest BCUT2D eigenvalue weighted by molar-refractivity contribution is 0.146. The molecule has 0 radical (unpaired) electrons. The van der Waals surface area contributed by atoms with E-state index >= 15 is 0 Å². The molecule has 0 saturated heterocycles. The Morgan fingerprint density at radius 2 is 1.97 bits per heavy atom. The maximum atomic E-state index is 12.4. The number of carbonyl (C=O) groups is 1. The van der Waals surface area contributed by atoms with Crippen LogP contribution in [0, 0.1) is 0 Å². The number of carboxylic acid groups (broad SMARTS) is 1. The summed E-state index contributed by atoms with van der Waals surface area (Å²) in [6.07, 6.45) is -1.48. The van der Waals surface area contributed by atoms with Gasteiger partial charge in [-0.1, -0.05) is 41.1 Å². The van der Waals surface area contributed by atoms with E-state index in [9.17, 15) is 33.3 Å². The molecule has 2 aromatic carbocycles. The lowest BCUT2D eigenvalue weighted by Gasteiger charge is -2.19. The lowest BCUT2D eigenvalue weighted by atomic mass is 10.1. The number of phenols is 1. The molecule has 1 amide bonds. The number of nitrogens with zero attached hydrogens (tertiary/aromatic N) is 1. The molecule has 5 N–H and O–H groups in total. The Morgan fingerprint density at radius 1 is 1.19 bits per heavy atom. The maximum absolute atomic E-state index is 12.4. The van der Waals surface area contributed by atoms with E-state index in [2.05, 4.69) is 10.3 Å². The number of aromatic nitrogens is 1. The summed E-state index contributed by atoms with van der Waals surface area (Å²) < 4.78 is 25.2.